The second kappa shape index (κ2) is 9.87. The Morgan fingerprint density at radius 1 is 1.06 bits per heavy atom. The molecule has 0 spiro atoms. The topological polar surface area (TPSA) is 75.2 Å². The summed E-state index contributed by atoms with van der Waals surface area (Å²) in [6.45, 7) is 4.61. The number of hydrogen-bond donors (Lipinski definition) is 1. The van der Waals surface area contributed by atoms with E-state index in [-0.39, 0.29) is 5.56 Å². The standard InChI is InChI=1S/C23H17FN4O2S.C2H6/c24-20-13-18(28-10-11-31(28)30)8-9-19(20)23(29)26-17-6-3-5-15(12-17)22-25-14-16-4-1-2-7-21(16)27-22;1-2/h1-9,12-14H,10-11H2,(H,26,29);1-2H3. The number of hydrogen-bond acceptors (Lipinski definition) is 4. The number of rotatable bonds is 4. The number of nitrogens with one attached hydrogen (secondary N) is 1. The van der Waals surface area contributed by atoms with Crippen molar-refractivity contribution in [1.29, 1.82) is 0 Å². The van der Waals surface area contributed by atoms with E-state index in [0.717, 1.165) is 16.5 Å². The van der Waals surface area contributed by atoms with Crippen LogP contribution < -0.4 is 9.62 Å². The van der Waals surface area contributed by atoms with Crippen LogP contribution in [-0.4, -0.2) is 32.4 Å². The number of carbonyl (C=O) groups excluding carboxylic acids is 1. The summed E-state index contributed by atoms with van der Waals surface area (Å²) in [6, 6.07) is 19.0. The predicted octanol–water partition coefficient (Wildman–Crippen LogP) is 5.20. The molecule has 0 radical (unpaired) electrons. The molecule has 0 aliphatic carbocycles. The van der Waals surface area contributed by atoms with Crippen LogP contribution in [0.3, 0.4) is 0 Å². The van der Waals surface area contributed by atoms with E-state index >= 15 is 0 Å². The van der Waals surface area contributed by atoms with Crippen LogP contribution in [-0.2, 0) is 11.0 Å². The van der Waals surface area contributed by atoms with Crippen molar-refractivity contribution in [2.45, 2.75) is 13.8 Å². The summed E-state index contributed by atoms with van der Waals surface area (Å²) in [5.41, 5.74) is 2.50. The molecule has 1 aliphatic rings. The number of anilines is 2. The molecular formula is C25H23FN4O2S. The zero-order valence-electron chi connectivity index (χ0n) is 18.3. The average molecular weight is 463 g/mol. The van der Waals surface area contributed by atoms with Gasteiger partial charge in [-0.05, 0) is 36.4 Å². The van der Waals surface area contributed by atoms with Crippen LogP contribution in [0.15, 0.2) is 72.9 Å². The third-order valence-corrected chi connectivity index (χ3v) is 6.48. The number of fused-ring (bicyclic) bond motifs is 1. The Labute approximate surface area is 194 Å². The Hall–Kier alpha value is -3.65. The Balaban J connectivity index is 0.00000126. The lowest BCUT2D eigenvalue weighted by molar-refractivity contribution is 0.102. The maximum absolute atomic E-state index is 14.5. The summed E-state index contributed by atoms with van der Waals surface area (Å²) in [4.78, 5) is 21.6. The third kappa shape index (κ3) is 4.75. The van der Waals surface area contributed by atoms with E-state index in [4.69, 9.17) is 0 Å². The number of para-hydroxylation sites is 1. The second-order valence-corrected chi connectivity index (χ2v) is 8.57. The Morgan fingerprint density at radius 3 is 2.61 bits per heavy atom. The van der Waals surface area contributed by atoms with Crippen LogP contribution in [0.1, 0.15) is 24.2 Å². The monoisotopic (exact) mass is 462 g/mol. The van der Waals surface area contributed by atoms with Gasteiger partial charge >= 0.3 is 0 Å². The molecule has 168 valence electrons. The number of aromatic nitrogens is 2. The van der Waals surface area contributed by atoms with Gasteiger partial charge in [-0.15, -0.1) is 0 Å². The molecule has 1 saturated heterocycles. The van der Waals surface area contributed by atoms with Gasteiger partial charge in [0.1, 0.15) is 16.8 Å². The van der Waals surface area contributed by atoms with Crippen LogP contribution in [0.25, 0.3) is 22.3 Å². The highest BCUT2D eigenvalue weighted by molar-refractivity contribution is 7.88. The Bertz CT molecular complexity index is 1350. The molecule has 5 rings (SSSR count). The summed E-state index contributed by atoms with van der Waals surface area (Å²) in [5, 5.41) is 3.67. The highest BCUT2D eigenvalue weighted by Crippen LogP contribution is 2.26. The van der Waals surface area contributed by atoms with E-state index in [1.54, 1.807) is 34.8 Å². The maximum Gasteiger partial charge on any atom is 0.258 e. The quantitative estimate of drug-likeness (QED) is 0.452. The van der Waals surface area contributed by atoms with Crippen LogP contribution in [0.2, 0.25) is 0 Å². The normalized spacial score (nSPS) is 14.8. The first-order chi connectivity index (χ1) is 16.1. The van der Waals surface area contributed by atoms with Crippen molar-refractivity contribution >= 4 is 39.2 Å². The van der Waals surface area contributed by atoms with E-state index < -0.39 is 22.7 Å². The lowest BCUT2D eigenvalue weighted by Crippen LogP contribution is -2.42. The largest absolute Gasteiger partial charge is 0.322 e. The SMILES string of the molecule is CC.O=C(Nc1cccc(-c2ncc3ccccc3n2)c1)c1ccc(N2CCS2=O)cc1F. The lowest BCUT2D eigenvalue weighted by Gasteiger charge is -2.31. The first kappa shape index (κ1) is 22.5. The highest BCUT2D eigenvalue weighted by Gasteiger charge is 2.25. The van der Waals surface area contributed by atoms with Crippen molar-refractivity contribution < 1.29 is 13.4 Å². The highest BCUT2D eigenvalue weighted by atomic mass is 32.2. The molecular weight excluding hydrogens is 439 g/mol. The van der Waals surface area contributed by atoms with Crippen molar-refractivity contribution in [2.75, 3.05) is 21.9 Å². The fourth-order valence-corrected chi connectivity index (χ4v) is 4.26. The molecule has 3 aromatic carbocycles. The number of amides is 1. The summed E-state index contributed by atoms with van der Waals surface area (Å²) in [6.07, 6.45) is 1.75. The van der Waals surface area contributed by atoms with Crippen molar-refractivity contribution in [3.63, 3.8) is 0 Å². The number of halogens is 1. The molecule has 0 saturated carbocycles. The van der Waals surface area contributed by atoms with E-state index in [0.29, 0.717) is 29.5 Å². The summed E-state index contributed by atoms with van der Waals surface area (Å²) in [5.74, 6) is -0.118. The summed E-state index contributed by atoms with van der Waals surface area (Å²) < 4.78 is 27.8. The van der Waals surface area contributed by atoms with Crippen LogP contribution in [0, 0.1) is 5.82 Å². The minimum atomic E-state index is -1.11. The van der Waals surface area contributed by atoms with Crippen LogP contribution >= 0.6 is 0 Å². The van der Waals surface area contributed by atoms with E-state index in [2.05, 4.69) is 15.3 Å². The minimum Gasteiger partial charge on any atom is -0.322 e. The van der Waals surface area contributed by atoms with Gasteiger partial charge in [0.25, 0.3) is 5.91 Å². The zero-order valence-corrected chi connectivity index (χ0v) is 19.1. The van der Waals surface area contributed by atoms with E-state index in [9.17, 15) is 13.4 Å². The molecule has 1 unspecified atom stereocenters. The molecule has 33 heavy (non-hydrogen) atoms. The smallest absolute Gasteiger partial charge is 0.258 e. The minimum absolute atomic E-state index is 0.0811. The van der Waals surface area contributed by atoms with Gasteiger partial charge in [-0.2, -0.15) is 0 Å². The number of benzene rings is 3. The Kier molecular flexibility index (Phi) is 6.74. The van der Waals surface area contributed by atoms with Crippen molar-refractivity contribution in [3.8, 4) is 11.4 Å². The van der Waals surface area contributed by atoms with Gasteiger partial charge < -0.3 is 5.32 Å². The number of nitrogens with zero attached hydrogens (tertiary/aromatic N) is 3. The Morgan fingerprint density at radius 2 is 1.88 bits per heavy atom. The first-order valence-corrected chi connectivity index (χ1v) is 12.0. The van der Waals surface area contributed by atoms with Crippen LogP contribution in [0.4, 0.5) is 15.8 Å². The van der Waals surface area contributed by atoms with Gasteiger partial charge in [0.2, 0.25) is 0 Å². The van der Waals surface area contributed by atoms with Crippen molar-refractivity contribution in [3.05, 3.63) is 84.3 Å². The molecule has 1 N–H and O–H groups in total. The van der Waals surface area contributed by atoms with E-state index in [1.165, 1.54) is 12.1 Å². The summed E-state index contributed by atoms with van der Waals surface area (Å²) >= 11 is 0. The van der Waals surface area contributed by atoms with Gasteiger partial charge in [0, 0.05) is 29.4 Å². The fraction of sp³-hybridized carbons (Fsp3) is 0.160. The molecule has 1 amide bonds. The van der Waals surface area contributed by atoms with Gasteiger partial charge in [-0.1, -0.05) is 44.2 Å². The van der Waals surface area contributed by atoms with Gasteiger partial charge in [-0.25, -0.2) is 18.6 Å². The maximum atomic E-state index is 14.5. The average Bonchev–Trinajstić information content (AvgIpc) is 2.84. The number of carbonyl (C=O) groups is 1. The van der Waals surface area contributed by atoms with Crippen molar-refractivity contribution in [1.82, 2.24) is 9.97 Å². The first-order valence-electron chi connectivity index (χ1n) is 10.7. The van der Waals surface area contributed by atoms with Crippen LogP contribution in [0.5, 0.6) is 0 Å². The molecule has 4 aromatic rings. The summed E-state index contributed by atoms with van der Waals surface area (Å²) in [7, 11) is -1.11. The molecule has 1 fully saturated rings. The lowest BCUT2D eigenvalue weighted by atomic mass is 10.1. The van der Waals surface area contributed by atoms with Gasteiger partial charge in [0.05, 0.1) is 22.5 Å². The molecule has 1 aliphatic heterocycles. The fourth-order valence-electron chi connectivity index (χ4n) is 3.39. The molecule has 8 heteroatoms. The molecule has 6 nitrogen and oxygen atoms in total. The zero-order chi connectivity index (χ0) is 23.4. The third-order valence-electron chi connectivity index (χ3n) is 5.07. The molecule has 1 atom stereocenters. The van der Waals surface area contributed by atoms with Gasteiger partial charge in [-0.3, -0.25) is 9.10 Å². The molecule has 1 aromatic heterocycles. The predicted molar refractivity (Wildman–Crippen MR) is 131 cm³/mol. The molecule has 2 heterocycles. The van der Waals surface area contributed by atoms with Gasteiger partial charge in [0.15, 0.2) is 5.82 Å². The van der Waals surface area contributed by atoms with E-state index in [1.807, 2.05) is 44.2 Å². The molecule has 0 bridgehead atoms. The second-order valence-electron chi connectivity index (χ2n) is 7.08. The van der Waals surface area contributed by atoms with Crippen molar-refractivity contribution in [2.24, 2.45) is 0 Å².